The van der Waals surface area contributed by atoms with Crippen LogP contribution in [-0.4, -0.2) is 43.7 Å². The molecule has 1 aromatic carbocycles. The van der Waals surface area contributed by atoms with Crippen LogP contribution in [0.4, 0.5) is 0 Å². The average molecular weight is 463 g/mol. The molecular weight excluding hydrogens is 428 g/mol. The zero-order valence-electron chi connectivity index (χ0n) is 19.0. The van der Waals surface area contributed by atoms with E-state index in [1.807, 2.05) is 6.07 Å². The SMILES string of the molecule is CC1(C)COC2(CC[C@H](C[C@@H](C(=O)O)c3ccc(S(=O)(=O)C4CC4)c(C4CC4)c3)C2)OC1. The zero-order valence-corrected chi connectivity index (χ0v) is 19.8. The van der Waals surface area contributed by atoms with Gasteiger partial charge in [-0.3, -0.25) is 4.79 Å². The molecule has 2 atom stereocenters. The first-order chi connectivity index (χ1) is 15.1. The third kappa shape index (κ3) is 4.36. The predicted octanol–water partition coefficient (Wildman–Crippen LogP) is 4.63. The van der Waals surface area contributed by atoms with Gasteiger partial charge in [0.05, 0.1) is 29.3 Å². The van der Waals surface area contributed by atoms with Gasteiger partial charge < -0.3 is 14.6 Å². The normalized spacial score (nSPS) is 28.0. The van der Waals surface area contributed by atoms with Crippen LogP contribution in [0, 0.1) is 11.3 Å². The highest BCUT2D eigenvalue weighted by molar-refractivity contribution is 7.92. The Morgan fingerprint density at radius 1 is 1.12 bits per heavy atom. The van der Waals surface area contributed by atoms with E-state index in [1.54, 1.807) is 12.1 Å². The summed E-state index contributed by atoms with van der Waals surface area (Å²) >= 11 is 0. The summed E-state index contributed by atoms with van der Waals surface area (Å²) in [6.07, 6.45) is 6.34. The number of rotatable bonds is 7. The van der Waals surface area contributed by atoms with Crippen LogP contribution in [0.25, 0.3) is 0 Å². The number of carbonyl (C=O) groups is 1. The molecule has 3 aliphatic carbocycles. The van der Waals surface area contributed by atoms with Crippen LogP contribution >= 0.6 is 0 Å². The summed E-state index contributed by atoms with van der Waals surface area (Å²) < 4.78 is 38.1. The molecule has 1 saturated heterocycles. The first kappa shape index (κ1) is 22.4. The quantitative estimate of drug-likeness (QED) is 0.636. The van der Waals surface area contributed by atoms with Gasteiger partial charge in [-0.1, -0.05) is 26.0 Å². The smallest absolute Gasteiger partial charge is 0.310 e. The molecular formula is C25H34O6S. The monoisotopic (exact) mass is 462 g/mol. The Balaban J connectivity index is 1.35. The second-order valence-electron chi connectivity index (χ2n) is 11.2. The van der Waals surface area contributed by atoms with Crippen LogP contribution in [0.2, 0.25) is 0 Å². The number of hydrogen-bond acceptors (Lipinski definition) is 5. The van der Waals surface area contributed by atoms with Crippen molar-refractivity contribution in [1.82, 2.24) is 0 Å². The number of benzene rings is 1. The maximum Gasteiger partial charge on any atom is 0.310 e. The highest BCUT2D eigenvalue weighted by Crippen LogP contribution is 2.48. The first-order valence-corrected chi connectivity index (χ1v) is 13.5. The maximum absolute atomic E-state index is 12.9. The lowest BCUT2D eigenvalue weighted by atomic mass is 9.86. The molecule has 1 N–H and O–H groups in total. The molecule has 1 heterocycles. The number of ether oxygens (including phenoxy) is 2. The van der Waals surface area contributed by atoms with Crippen LogP contribution in [0.1, 0.15) is 88.2 Å². The molecule has 0 radical (unpaired) electrons. The van der Waals surface area contributed by atoms with E-state index < -0.39 is 27.5 Å². The molecule has 1 aromatic rings. The predicted molar refractivity (Wildman–Crippen MR) is 119 cm³/mol. The Morgan fingerprint density at radius 3 is 2.41 bits per heavy atom. The third-order valence-corrected chi connectivity index (χ3v) is 9.91. The first-order valence-electron chi connectivity index (χ1n) is 12.0. The minimum absolute atomic E-state index is 0.00863. The van der Waals surface area contributed by atoms with E-state index >= 15 is 0 Å². The molecule has 6 nitrogen and oxygen atoms in total. The third-order valence-electron chi connectivity index (χ3n) is 7.58. The van der Waals surface area contributed by atoms with Crippen molar-refractivity contribution in [2.24, 2.45) is 11.3 Å². The van der Waals surface area contributed by atoms with Crippen LogP contribution < -0.4 is 0 Å². The van der Waals surface area contributed by atoms with Crippen LogP contribution in [-0.2, 0) is 24.1 Å². The van der Waals surface area contributed by atoms with E-state index in [9.17, 15) is 18.3 Å². The molecule has 176 valence electrons. The van der Waals surface area contributed by atoms with Crippen LogP contribution in [0.15, 0.2) is 23.1 Å². The molecule has 0 unspecified atom stereocenters. The van der Waals surface area contributed by atoms with Gasteiger partial charge in [0.25, 0.3) is 0 Å². The number of sulfone groups is 1. The van der Waals surface area contributed by atoms with Crippen molar-refractivity contribution in [3.8, 4) is 0 Å². The molecule has 3 saturated carbocycles. The maximum atomic E-state index is 12.9. The number of carboxylic acid groups (broad SMARTS) is 1. The van der Waals surface area contributed by atoms with Gasteiger partial charge in [-0.05, 0) is 67.6 Å². The Hall–Kier alpha value is -1.44. The summed E-state index contributed by atoms with van der Waals surface area (Å²) in [5.74, 6) is -1.61. The summed E-state index contributed by atoms with van der Waals surface area (Å²) in [5.41, 5.74) is 1.57. The van der Waals surface area contributed by atoms with E-state index in [2.05, 4.69) is 13.8 Å². The van der Waals surface area contributed by atoms with Gasteiger partial charge in [-0.2, -0.15) is 0 Å². The fourth-order valence-electron chi connectivity index (χ4n) is 5.30. The second kappa shape index (κ2) is 7.81. The Labute approximate surface area is 190 Å². The van der Waals surface area contributed by atoms with E-state index in [0.29, 0.717) is 24.5 Å². The van der Waals surface area contributed by atoms with Crippen molar-refractivity contribution in [3.05, 3.63) is 29.3 Å². The summed E-state index contributed by atoms with van der Waals surface area (Å²) in [6.45, 7) is 5.56. The lowest BCUT2D eigenvalue weighted by Gasteiger charge is -2.41. The summed E-state index contributed by atoms with van der Waals surface area (Å²) in [5, 5.41) is 9.80. The van der Waals surface area contributed by atoms with Gasteiger partial charge in [0, 0.05) is 18.3 Å². The Bertz CT molecular complexity index is 995. The minimum Gasteiger partial charge on any atom is -0.481 e. The van der Waals surface area contributed by atoms with E-state index in [1.165, 1.54) is 0 Å². The number of carboxylic acids is 1. The molecule has 7 heteroatoms. The molecule has 4 aliphatic rings. The minimum atomic E-state index is -3.30. The van der Waals surface area contributed by atoms with Gasteiger partial charge in [-0.25, -0.2) is 8.42 Å². The number of aliphatic carboxylic acids is 1. The molecule has 5 rings (SSSR count). The lowest BCUT2D eigenvalue weighted by molar-refractivity contribution is -0.296. The average Bonchev–Trinajstić information content (AvgIpc) is 3.65. The molecule has 4 fully saturated rings. The lowest BCUT2D eigenvalue weighted by Crippen LogP contribution is -2.46. The van der Waals surface area contributed by atoms with Crippen molar-refractivity contribution < 1.29 is 27.8 Å². The summed E-state index contributed by atoms with van der Waals surface area (Å²) in [7, 11) is -3.30. The molecule has 0 aromatic heterocycles. The van der Waals surface area contributed by atoms with Crippen molar-refractivity contribution in [2.45, 2.75) is 93.0 Å². The largest absolute Gasteiger partial charge is 0.481 e. The number of hydrogen-bond donors (Lipinski definition) is 1. The molecule has 0 amide bonds. The van der Waals surface area contributed by atoms with E-state index in [-0.39, 0.29) is 22.5 Å². The van der Waals surface area contributed by atoms with Crippen molar-refractivity contribution >= 4 is 15.8 Å². The Kier molecular flexibility index (Phi) is 5.46. The van der Waals surface area contributed by atoms with Crippen LogP contribution in [0.5, 0.6) is 0 Å². The molecule has 1 aliphatic heterocycles. The molecule has 1 spiro atoms. The topological polar surface area (TPSA) is 89.9 Å². The second-order valence-corrected chi connectivity index (χ2v) is 13.4. The zero-order chi connectivity index (χ0) is 22.7. The van der Waals surface area contributed by atoms with Gasteiger partial charge in [0.15, 0.2) is 15.6 Å². The van der Waals surface area contributed by atoms with Gasteiger partial charge in [0.2, 0.25) is 0 Å². The van der Waals surface area contributed by atoms with Crippen molar-refractivity contribution in [1.29, 1.82) is 0 Å². The fourth-order valence-corrected chi connectivity index (χ4v) is 7.22. The standard InChI is InChI=1S/C25H34O6S/c1-24(2)14-30-25(31-15-24)10-9-16(13-25)11-21(23(26)27)18-5-8-22(20(12-18)17-3-4-17)32(28,29)19-6-7-19/h5,8,12,16-17,19,21H,3-4,6-7,9-11,13-15H2,1-2H3,(H,26,27)/t16-,21-/m1/s1. The Morgan fingerprint density at radius 2 is 1.81 bits per heavy atom. The van der Waals surface area contributed by atoms with Crippen molar-refractivity contribution in [2.75, 3.05) is 13.2 Å². The summed E-state index contributed by atoms with van der Waals surface area (Å²) in [4.78, 5) is 12.7. The molecule has 32 heavy (non-hydrogen) atoms. The highest BCUT2D eigenvalue weighted by atomic mass is 32.2. The fraction of sp³-hybridized carbons (Fsp3) is 0.720. The van der Waals surface area contributed by atoms with E-state index in [4.69, 9.17) is 9.47 Å². The van der Waals surface area contributed by atoms with Crippen molar-refractivity contribution in [3.63, 3.8) is 0 Å². The summed E-state index contributed by atoms with van der Waals surface area (Å²) in [6, 6.07) is 5.30. The van der Waals surface area contributed by atoms with Gasteiger partial charge in [0.1, 0.15) is 0 Å². The molecule has 0 bridgehead atoms. The van der Waals surface area contributed by atoms with Gasteiger partial charge >= 0.3 is 5.97 Å². The van der Waals surface area contributed by atoms with Crippen LogP contribution in [0.3, 0.4) is 0 Å². The van der Waals surface area contributed by atoms with Gasteiger partial charge in [-0.15, -0.1) is 0 Å². The highest BCUT2D eigenvalue weighted by Gasteiger charge is 2.47. The van der Waals surface area contributed by atoms with E-state index in [0.717, 1.165) is 56.1 Å².